The first kappa shape index (κ1) is 19.9. The van der Waals surface area contributed by atoms with Crippen LogP contribution in [-0.4, -0.2) is 57.0 Å². The molecule has 11 heteroatoms. The van der Waals surface area contributed by atoms with Crippen LogP contribution in [0, 0.1) is 11.3 Å². The highest BCUT2D eigenvalue weighted by Gasteiger charge is 2.16. The van der Waals surface area contributed by atoms with Gasteiger partial charge in [0.1, 0.15) is 5.69 Å². The highest BCUT2D eigenvalue weighted by Crippen LogP contribution is 2.33. The van der Waals surface area contributed by atoms with E-state index in [0.717, 1.165) is 0 Å². The number of nitrogens with two attached hydrogens (primary N) is 1. The summed E-state index contributed by atoms with van der Waals surface area (Å²) in [5, 5.41) is 8.79. The van der Waals surface area contributed by atoms with Crippen molar-refractivity contribution < 1.29 is 14.4 Å². The molecule has 0 aliphatic heterocycles. The molecule has 1 aromatic rings. The maximum absolute atomic E-state index is 11.5. The van der Waals surface area contributed by atoms with Crippen LogP contribution in [-0.2, 0) is 4.57 Å². The van der Waals surface area contributed by atoms with E-state index in [2.05, 4.69) is 16.5 Å². The molecule has 0 saturated carbocycles. The van der Waals surface area contributed by atoms with E-state index < -0.39 is 13.2 Å². The standard InChI is InChI=1S/C13H21N6O4P/c1-2-19(12-11(15)13(20)17-10-16-12)6-3-5-18(7-4-14)8-9-24(21,22)23/h2,10H,1,3,5-9,15H2,(H,16,17,20)(H2,21,22,23). The van der Waals surface area contributed by atoms with Crippen LogP contribution in [0.1, 0.15) is 6.42 Å². The van der Waals surface area contributed by atoms with Gasteiger partial charge in [0.15, 0.2) is 5.82 Å². The molecule has 1 aromatic heterocycles. The Balaban J connectivity index is 2.63. The fraction of sp³-hybridized carbons (Fsp3) is 0.462. The Bertz CT molecular complexity index is 694. The van der Waals surface area contributed by atoms with Gasteiger partial charge in [0.05, 0.1) is 25.1 Å². The van der Waals surface area contributed by atoms with E-state index >= 15 is 0 Å². The molecule has 0 fully saturated rings. The second-order valence-electron chi connectivity index (χ2n) is 5.02. The van der Waals surface area contributed by atoms with Gasteiger partial charge in [-0.05, 0) is 12.6 Å². The second kappa shape index (κ2) is 9.20. The number of nitrogen functional groups attached to an aromatic ring is 1. The molecular formula is C13H21N6O4P. The van der Waals surface area contributed by atoms with E-state index in [-0.39, 0.29) is 30.8 Å². The molecule has 132 valence electrons. The van der Waals surface area contributed by atoms with Crippen molar-refractivity contribution in [1.29, 1.82) is 5.26 Å². The lowest BCUT2D eigenvalue weighted by molar-refractivity contribution is 0.305. The molecule has 0 unspecified atom stereocenters. The van der Waals surface area contributed by atoms with E-state index in [4.69, 9.17) is 20.8 Å². The van der Waals surface area contributed by atoms with Gasteiger partial charge in [-0.15, -0.1) is 0 Å². The van der Waals surface area contributed by atoms with Crippen molar-refractivity contribution in [2.75, 3.05) is 43.0 Å². The molecule has 0 spiro atoms. The summed E-state index contributed by atoms with van der Waals surface area (Å²) in [5.41, 5.74) is 5.23. The van der Waals surface area contributed by atoms with Gasteiger partial charge in [0, 0.05) is 19.6 Å². The van der Waals surface area contributed by atoms with E-state index in [9.17, 15) is 9.36 Å². The first-order valence-electron chi connectivity index (χ1n) is 7.14. The second-order valence-corrected chi connectivity index (χ2v) is 6.80. The van der Waals surface area contributed by atoms with Crippen LogP contribution in [0.2, 0.25) is 0 Å². The summed E-state index contributed by atoms with van der Waals surface area (Å²) < 4.78 is 10.9. The Morgan fingerprint density at radius 2 is 2.17 bits per heavy atom. The lowest BCUT2D eigenvalue weighted by Crippen LogP contribution is -2.31. The van der Waals surface area contributed by atoms with Crippen molar-refractivity contribution in [2.45, 2.75) is 6.42 Å². The van der Waals surface area contributed by atoms with Gasteiger partial charge in [0.25, 0.3) is 5.56 Å². The first-order valence-corrected chi connectivity index (χ1v) is 8.94. The van der Waals surface area contributed by atoms with E-state index in [0.29, 0.717) is 19.5 Å². The van der Waals surface area contributed by atoms with Gasteiger partial charge < -0.3 is 25.4 Å². The van der Waals surface area contributed by atoms with Crippen molar-refractivity contribution in [3.63, 3.8) is 0 Å². The van der Waals surface area contributed by atoms with Crippen molar-refractivity contribution in [1.82, 2.24) is 14.9 Å². The number of hydrogen-bond donors (Lipinski definition) is 4. The zero-order valence-electron chi connectivity index (χ0n) is 13.1. The predicted molar refractivity (Wildman–Crippen MR) is 90.4 cm³/mol. The third kappa shape index (κ3) is 6.52. The van der Waals surface area contributed by atoms with Crippen LogP contribution >= 0.6 is 7.60 Å². The number of aromatic nitrogens is 2. The number of nitriles is 1. The Morgan fingerprint density at radius 1 is 1.46 bits per heavy atom. The van der Waals surface area contributed by atoms with Gasteiger partial charge in [-0.2, -0.15) is 5.26 Å². The Kier molecular flexibility index (Phi) is 7.61. The van der Waals surface area contributed by atoms with Crippen molar-refractivity contribution >= 4 is 19.1 Å². The Labute approximate surface area is 139 Å². The third-order valence-corrected chi connectivity index (χ3v) is 4.02. The minimum absolute atomic E-state index is 0.0206. The van der Waals surface area contributed by atoms with Crippen LogP contribution < -0.4 is 16.2 Å². The molecule has 0 radical (unpaired) electrons. The third-order valence-electron chi connectivity index (χ3n) is 3.24. The highest BCUT2D eigenvalue weighted by molar-refractivity contribution is 7.51. The quantitative estimate of drug-likeness (QED) is 0.326. The Morgan fingerprint density at radius 3 is 2.75 bits per heavy atom. The average molecular weight is 356 g/mol. The lowest BCUT2D eigenvalue weighted by atomic mass is 10.3. The normalized spacial score (nSPS) is 11.2. The summed E-state index contributed by atoms with van der Waals surface area (Å²) in [6.07, 6.45) is 2.99. The minimum atomic E-state index is -4.10. The first-order chi connectivity index (χ1) is 11.3. The van der Waals surface area contributed by atoms with E-state index in [1.165, 1.54) is 12.5 Å². The van der Waals surface area contributed by atoms with Gasteiger partial charge in [0.2, 0.25) is 0 Å². The fourth-order valence-corrected chi connectivity index (χ4v) is 2.56. The van der Waals surface area contributed by atoms with Crippen LogP contribution in [0.5, 0.6) is 0 Å². The molecule has 0 aliphatic rings. The molecule has 0 atom stereocenters. The van der Waals surface area contributed by atoms with Crippen LogP contribution in [0.3, 0.4) is 0 Å². The van der Waals surface area contributed by atoms with Crippen LogP contribution in [0.25, 0.3) is 0 Å². The molecule has 5 N–H and O–H groups in total. The largest absolute Gasteiger partial charge is 0.391 e. The molecule has 0 saturated heterocycles. The molecule has 1 heterocycles. The zero-order chi connectivity index (χ0) is 18.2. The lowest BCUT2D eigenvalue weighted by Gasteiger charge is -2.23. The number of nitrogens with zero attached hydrogens (tertiary/aromatic N) is 4. The van der Waals surface area contributed by atoms with Crippen LogP contribution in [0.15, 0.2) is 23.9 Å². The predicted octanol–water partition coefficient (Wildman–Crippen LogP) is -0.305. The number of nitrogens with one attached hydrogen (secondary N) is 1. The molecule has 0 bridgehead atoms. The van der Waals surface area contributed by atoms with Gasteiger partial charge >= 0.3 is 7.60 Å². The number of hydrogen-bond acceptors (Lipinski definition) is 7. The van der Waals surface area contributed by atoms with Crippen molar-refractivity contribution in [3.8, 4) is 6.07 Å². The molecular weight excluding hydrogens is 335 g/mol. The Hall–Kier alpha value is -2.18. The average Bonchev–Trinajstić information content (AvgIpc) is 2.51. The number of anilines is 2. The molecule has 0 aromatic carbocycles. The number of rotatable bonds is 10. The summed E-state index contributed by atoms with van der Waals surface area (Å²) >= 11 is 0. The summed E-state index contributed by atoms with van der Waals surface area (Å²) in [4.78, 5) is 39.0. The summed E-state index contributed by atoms with van der Waals surface area (Å²) in [7, 11) is -4.10. The molecule has 1 rings (SSSR count). The number of aromatic amines is 1. The van der Waals surface area contributed by atoms with E-state index in [1.807, 2.05) is 6.07 Å². The summed E-state index contributed by atoms with van der Waals surface area (Å²) in [5.74, 6) is 0.288. The van der Waals surface area contributed by atoms with Gasteiger partial charge in [-0.25, -0.2) is 4.98 Å². The van der Waals surface area contributed by atoms with E-state index in [1.54, 1.807) is 9.80 Å². The number of H-pyrrole nitrogens is 1. The fourth-order valence-electron chi connectivity index (χ4n) is 2.02. The molecule has 0 amide bonds. The highest BCUT2D eigenvalue weighted by atomic mass is 31.2. The van der Waals surface area contributed by atoms with Gasteiger partial charge in [-0.1, -0.05) is 6.58 Å². The van der Waals surface area contributed by atoms with Crippen LogP contribution in [0.4, 0.5) is 11.5 Å². The molecule has 24 heavy (non-hydrogen) atoms. The maximum Gasteiger partial charge on any atom is 0.326 e. The molecule has 0 aliphatic carbocycles. The summed E-state index contributed by atoms with van der Waals surface area (Å²) in [6, 6.07) is 1.97. The van der Waals surface area contributed by atoms with Crippen molar-refractivity contribution in [2.24, 2.45) is 0 Å². The van der Waals surface area contributed by atoms with Gasteiger partial charge in [-0.3, -0.25) is 14.3 Å². The maximum atomic E-state index is 11.5. The zero-order valence-corrected chi connectivity index (χ0v) is 14.0. The molecule has 10 nitrogen and oxygen atoms in total. The van der Waals surface area contributed by atoms with Crippen molar-refractivity contribution in [3.05, 3.63) is 29.5 Å². The topological polar surface area (TPSA) is 160 Å². The monoisotopic (exact) mass is 356 g/mol. The smallest absolute Gasteiger partial charge is 0.326 e. The minimum Gasteiger partial charge on any atom is -0.391 e. The SMILES string of the molecule is C=CN(CCCN(CC#N)CCP(=O)(O)O)c1nc[nH]c(=O)c1N. The summed E-state index contributed by atoms with van der Waals surface area (Å²) in [6.45, 7) is 4.73.